The van der Waals surface area contributed by atoms with Gasteiger partial charge in [0.15, 0.2) is 6.29 Å². The average molecular weight is 272 g/mol. The highest BCUT2D eigenvalue weighted by Crippen LogP contribution is 2.25. The van der Waals surface area contributed by atoms with Crippen molar-refractivity contribution < 1.29 is 14.6 Å². The van der Waals surface area contributed by atoms with Gasteiger partial charge in [-0.25, -0.2) is 0 Å². The van der Waals surface area contributed by atoms with E-state index in [1.54, 1.807) is 12.1 Å². The van der Waals surface area contributed by atoms with Gasteiger partial charge in [0.2, 0.25) is 0 Å². The third-order valence-electron chi connectivity index (χ3n) is 3.02. The highest BCUT2D eigenvalue weighted by atomic mass is 16.7. The summed E-state index contributed by atoms with van der Waals surface area (Å²) < 4.78 is 11.1. The summed E-state index contributed by atoms with van der Waals surface area (Å²) in [7, 11) is 0. The summed E-state index contributed by atoms with van der Waals surface area (Å²) in [6.45, 7) is 5.14. The van der Waals surface area contributed by atoms with E-state index in [9.17, 15) is 5.11 Å². The molecule has 3 heteroatoms. The van der Waals surface area contributed by atoms with E-state index < -0.39 is 0 Å². The van der Waals surface area contributed by atoms with Gasteiger partial charge in [-0.2, -0.15) is 0 Å². The molecule has 0 heterocycles. The molecule has 0 aromatic heterocycles. The van der Waals surface area contributed by atoms with Crippen LogP contribution in [0.5, 0.6) is 5.75 Å². The summed E-state index contributed by atoms with van der Waals surface area (Å²) in [5.41, 5.74) is 3.18. The van der Waals surface area contributed by atoms with Crippen molar-refractivity contribution in [3.05, 3.63) is 54.1 Å². The molecule has 106 valence electrons. The molecule has 0 radical (unpaired) electrons. The normalized spacial score (nSPS) is 10.9. The number of phenolic OH excluding ortho intramolecular Hbond substituents is 1. The zero-order valence-corrected chi connectivity index (χ0v) is 11.9. The van der Waals surface area contributed by atoms with Gasteiger partial charge in [-0.05, 0) is 37.1 Å². The summed E-state index contributed by atoms with van der Waals surface area (Å²) in [6, 6.07) is 15.3. The first-order valence-corrected chi connectivity index (χ1v) is 6.87. The van der Waals surface area contributed by atoms with E-state index in [1.807, 2.05) is 50.2 Å². The molecule has 0 aliphatic rings. The van der Waals surface area contributed by atoms with E-state index in [4.69, 9.17) is 9.47 Å². The lowest BCUT2D eigenvalue weighted by atomic mass is 10.0. The smallest absolute Gasteiger partial charge is 0.183 e. The zero-order valence-electron chi connectivity index (χ0n) is 11.9. The topological polar surface area (TPSA) is 38.7 Å². The van der Waals surface area contributed by atoms with Crippen LogP contribution >= 0.6 is 0 Å². The van der Waals surface area contributed by atoms with Gasteiger partial charge in [-0.3, -0.25) is 0 Å². The van der Waals surface area contributed by atoms with E-state index in [-0.39, 0.29) is 12.0 Å². The van der Waals surface area contributed by atoms with Crippen molar-refractivity contribution >= 4 is 0 Å². The van der Waals surface area contributed by atoms with Gasteiger partial charge in [0, 0.05) is 18.8 Å². The molecule has 0 atom stereocenters. The van der Waals surface area contributed by atoms with Crippen LogP contribution in [-0.2, 0) is 9.47 Å². The third-order valence-corrected chi connectivity index (χ3v) is 3.02. The third kappa shape index (κ3) is 3.59. The van der Waals surface area contributed by atoms with Crippen LogP contribution in [0.2, 0.25) is 0 Å². The number of hydrogen-bond donors (Lipinski definition) is 1. The lowest BCUT2D eigenvalue weighted by molar-refractivity contribution is -0.140. The van der Waals surface area contributed by atoms with Gasteiger partial charge < -0.3 is 14.6 Å². The first kappa shape index (κ1) is 14.6. The van der Waals surface area contributed by atoms with Crippen LogP contribution < -0.4 is 0 Å². The second-order valence-electron chi connectivity index (χ2n) is 4.41. The lowest BCUT2D eigenvalue weighted by Gasteiger charge is -2.17. The Morgan fingerprint density at radius 3 is 1.70 bits per heavy atom. The van der Waals surface area contributed by atoms with Crippen LogP contribution in [0, 0.1) is 0 Å². The van der Waals surface area contributed by atoms with E-state index in [1.165, 1.54) is 0 Å². The molecule has 2 aromatic rings. The van der Waals surface area contributed by atoms with Gasteiger partial charge in [0.25, 0.3) is 0 Å². The molecule has 0 saturated heterocycles. The Morgan fingerprint density at radius 1 is 0.800 bits per heavy atom. The van der Waals surface area contributed by atoms with Gasteiger partial charge >= 0.3 is 0 Å². The van der Waals surface area contributed by atoms with Crippen molar-refractivity contribution in [2.24, 2.45) is 0 Å². The fourth-order valence-corrected chi connectivity index (χ4v) is 2.03. The van der Waals surface area contributed by atoms with Crippen LogP contribution in [0.3, 0.4) is 0 Å². The zero-order chi connectivity index (χ0) is 14.4. The highest BCUT2D eigenvalue weighted by Gasteiger charge is 2.11. The number of aromatic hydroxyl groups is 1. The monoisotopic (exact) mass is 272 g/mol. The summed E-state index contributed by atoms with van der Waals surface area (Å²) >= 11 is 0. The predicted octanol–water partition coefficient (Wildman–Crippen LogP) is 4.13. The predicted molar refractivity (Wildman–Crippen MR) is 79.5 cm³/mol. The minimum absolute atomic E-state index is 0.276. The molecule has 0 saturated carbocycles. The number of benzene rings is 2. The van der Waals surface area contributed by atoms with E-state index >= 15 is 0 Å². The molecular weight excluding hydrogens is 252 g/mol. The maximum Gasteiger partial charge on any atom is 0.183 e. The first-order chi connectivity index (χ1) is 9.74. The van der Waals surface area contributed by atoms with E-state index in [2.05, 4.69) is 0 Å². The summed E-state index contributed by atoms with van der Waals surface area (Å²) in [5.74, 6) is 0.276. The maximum atomic E-state index is 9.31. The molecule has 20 heavy (non-hydrogen) atoms. The van der Waals surface area contributed by atoms with Gasteiger partial charge in [-0.1, -0.05) is 36.4 Å². The molecule has 0 unspecified atom stereocenters. The van der Waals surface area contributed by atoms with E-state index in [0.717, 1.165) is 16.7 Å². The van der Waals surface area contributed by atoms with Crippen molar-refractivity contribution in [1.29, 1.82) is 0 Å². The fraction of sp³-hybridized carbons (Fsp3) is 0.294. The van der Waals surface area contributed by atoms with Crippen LogP contribution in [0.15, 0.2) is 48.5 Å². The standard InChI is InChI=1S/C17H20O3/c1-3-19-17(20-4-2)15-7-5-13(6-8-15)14-9-11-16(18)12-10-14/h5-12,17-18H,3-4H2,1-2H3. The second-order valence-corrected chi connectivity index (χ2v) is 4.41. The average Bonchev–Trinajstić information content (AvgIpc) is 2.48. The lowest BCUT2D eigenvalue weighted by Crippen LogP contribution is -2.08. The summed E-state index contributed by atoms with van der Waals surface area (Å²) in [4.78, 5) is 0. The quantitative estimate of drug-likeness (QED) is 0.803. The number of hydrogen-bond acceptors (Lipinski definition) is 3. The number of ether oxygens (including phenoxy) is 2. The Bertz CT molecular complexity index is 511. The molecule has 3 nitrogen and oxygen atoms in total. The number of phenols is 1. The minimum Gasteiger partial charge on any atom is -0.508 e. The molecule has 2 aromatic carbocycles. The Hall–Kier alpha value is -1.84. The second kappa shape index (κ2) is 7.08. The largest absolute Gasteiger partial charge is 0.508 e. The molecule has 0 fully saturated rings. The van der Waals surface area contributed by atoms with Crippen molar-refractivity contribution in [2.75, 3.05) is 13.2 Å². The Balaban J connectivity index is 2.18. The molecular formula is C17H20O3. The Morgan fingerprint density at radius 2 is 1.25 bits per heavy atom. The van der Waals surface area contributed by atoms with Gasteiger partial charge in [0.05, 0.1) is 0 Å². The van der Waals surface area contributed by atoms with E-state index in [0.29, 0.717) is 13.2 Å². The summed E-state index contributed by atoms with van der Waals surface area (Å²) in [6.07, 6.45) is -0.307. The first-order valence-electron chi connectivity index (χ1n) is 6.87. The fourth-order valence-electron chi connectivity index (χ4n) is 2.03. The molecule has 0 amide bonds. The van der Waals surface area contributed by atoms with Crippen molar-refractivity contribution in [1.82, 2.24) is 0 Å². The van der Waals surface area contributed by atoms with Gasteiger partial charge in [0.1, 0.15) is 5.75 Å². The summed E-state index contributed by atoms with van der Waals surface area (Å²) in [5, 5.41) is 9.31. The van der Waals surface area contributed by atoms with Crippen LogP contribution in [0.4, 0.5) is 0 Å². The molecule has 1 N–H and O–H groups in total. The molecule has 0 aliphatic heterocycles. The molecule has 0 aliphatic carbocycles. The Labute approximate surface area is 119 Å². The van der Waals surface area contributed by atoms with Gasteiger partial charge in [-0.15, -0.1) is 0 Å². The number of rotatable bonds is 6. The van der Waals surface area contributed by atoms with Crippen LogP contribution in [-0.4, -0.2) is 18.3 Å². The molecule has 0 bridgehead atoms. The van der Waals surface area contributed by atoms with Crippen molar-refractivity contribution in [3.8, 4) is 16.9 Å². The maximum absolute atomic E-state index is 9.31. The Kier molecular flexibility index (Phi) is 5.16. The minimum atomic E-state index is -0.307. The van der Waals surface area contributed by atoms with Crippen molar-refractivity contribution in [2.45, 2.75) is 20.1 Å². The van der Waals surface area contributed by atoms with Crippen molar-refractivity contribution in [3.63, 3.8) is 0 Å². The van der Waals surface area contributed by atoms with Crippen LogP contribution in [0.1, 0.15) is 25.7 Å². The molecule has 0 spiro atoms. The molecule has 2 rings (SSSR count). The van der Waals surface area contributed by atoms with Crippen LogP contribution in [0.25, 0.3) is 11.1 Å². The highest BCUT2D eigenvalue weighted by molar-refractivity contribution is 5.64. The SMILES string of the molecule is CCOC(OCC)c1ccc(-c2ccc(O)cc2)cc1.